The van der Waals surface area contributed by atoms with Crippen molar-refractivity contribution in [1.29, 1.82) is 0 Å². The van der Waals surface area contributed by atoms with E-state index in [0.717, 1.165) is 67.1 Å². The topological polar surface area (TPSA) is 80.1 Å². The number of anilines is 1. The number of benzene rings is 3. The number of likely N-dealkylation sites (tertiary alicyclic amines) is 1. The highest BCUT2D eigenvalue weighted by molar-refractivity contribution is 6.30. The summed E-state index contributed by atoms with van der Waals surface area (Å²) in [5.74, 6) is 0.233. The molecule has 0 bridgehead atoms. The van der Waals surface area contributed by atoms with Gasteiger partial charge in [-0.1, -0.05) is 35.9 Å². The van der Waals surface area contributed by atoms with Gasteiger partial charge >= 0.3 is 12.0 Å². The molecule has 7 rings (SSSR count). The molecular formula is C38H43ClFN5O4. The maximum absolute atomic E-state index is 14.6. The van der Waals surface area contributed by atoms with Gasteiger partial charge < -0.3 is 18.9 Å². The minimum absolute atomic E-state index is 0.0328. The molecule has 3 aliphatic heterocycles. The molecule has 1 aromatic heterocycles. The Morgan fingerprint density at radius 2 is 1.84 bits per heavy atom. The lowest BCUT2D eigenvalue weighted by molar-refractivity contribution is -0.0592. The summed E-state index contributed by atoms with van der Waals surface area (Å²) in [6, 6.07) is 18.3. The molecule has 0 saturated carbocycles. The molecule has 258 valence electrons. The third-order valence-electron chi connectivity index (χ3n) is 9.72. The van der Waals surface area contributed by atoms with Crippen molar-refractivity contribution < 1.29 is 23.5 Å². The number of para-hydroxylation sites is 1. The van der Waals surface area contributed by atoms with E-state index in [1.807, 2.05) is 56.0 Å². The number of urea groups is 1. The molecule has 4 aromatic rings. The van der Waals surface area contributed by atoms with Gasteiger partial charge in [-0.25, -0.2) is 19.0 Å². The molecule has 4 heterocycles. The zero-order chi connectivity index (χ0) is 34.3. The highest BCUT2D eigenvalue weighted by atomic mass is 35.5. The second-order valence-electron chi connectivity index (χ2n) is 14.3. The van der Waals surface area contributed by atoms with E-state index in [0.29, 0.717) is 48.7 Å². The number of carbonyl (C=O) groups excluding carboxylic acids is 2. The van der Waals surface area contributed by atoms with Crippen LogP contribution in [-0.4, -0.2) is 75.3 Å². The standard InChI is InChI=1S/C38H43ClFN5O4/c1-38(2,3)49-36(46)26-9-11-32-34(20-26)45(23-30-15-19-48-30)35(41-32)24-42-16-13-29(14-17-42)44-22-27-6-4-5-7-33(27)43(37(44)47)18-12-25-8-10-28(39)21-31(25)40/h4-11,20-21,29-30H,12-19,22-24H2,1-3H3/t30-/m0/s1. The summed E-state index contributed by atoms with van der Waals surface area (Å²) in [7, 11) is 0. The fourth-order valence-electron chi connectivity index (χ4n) is 7.06. The van der Waals surface area contributed by atoms with Crippen LogP contribution in [0.4, 0.5) is 14.9 Å². The van der Waals surface area contributed by atoms with E-state index >= 15 is 0 Å². The second-order valence-corrected chi connectivity index (χ2v) is 14.7. The van der Waals surface area contributed by atoms with Crippen LogP contribution in [0.1, 0.15) is 67.3 Å². The van der Waals surface area contributed by atoms with E-state index in [2.05, 4.69) is 15.5 Å². The number of piperidine rings is 1. The lowest BCUT2D eigenvalue weighted by Crippen LogP contribution is -2.54. The normalized spacial score (nSPS) is 18.9. The van der Waals surface area contributed by atoms with Crippen molar-refractivity contribution in [2.75, 3.05) is 31.1 Å². The number of amides is 2. The van der Waals surface area contributed by atoms with Gasteiger partial charge in [-0.05, 0) is 94.0 Å². The summed E-state index contributed by atoms with van der Waals surface area (Å²) in [4.78, 5) is 38.1. The van der Waals surface area contributed by atoms with E-state index in [-0.39, 0.29) is 30.0 Å². The fraction of sp³-hybridized carbons (Fsp3) is 0.447. The smallest absolute Gasteiger partial charge is 0.338 e. The van der Waals surface area contributed by atoms with Crippen molar-refractivity contribution in [3.05, 3.63) is 94.0 Å². The van der Waals surface area contributed by atoms with Crippen LogP contribution >= 0.6 is 11.6 Å². The number of fused-ring (bicyclic) bond motifs is 2. The fourth-order valence-corrected chi connectivity index (χ4v) is 7.22. The average molecular weight is 688 g/mol. The molecule has 0 unspecified atom stereocenters. The van der Waals surface area contributed by atoms with Crippen LogP contribution in [0.25, 0.3) is 11.0 Å². The maximum Gasteiger partial charge on any atom is 0.338 e. The van der Waals surface area contributed by atoms with Gasteiger partial charge in [-0.15, -0.1) is 0 Å². The molecule has 0 N–H and O–H groups in total. The monoisotopic (exact) mass is 687 g/mol. The number of imidazole rings is 1. The molecule has 2 fully saturated rings. The average Bonchev–Trinajstić information content (AvgIpc) is 3.38. The molecule has 49 heavy (non-hydrogen) atoms. The van der Waals surface area contributed by atoms with Gasteiger partial charge in [0.2, 0.25) is 0 Å². The molecule has 0 radical (unpaired) electrons. The summed E-state index contributed by atoms with van der Waals surface area (Å²) in [6.45, 7) is 10.3. The number of hydrogen-bond acceptors (Lipinski definition) is 6. The summed E-state index contributed by atoms with van der Waals surface area (Å²) in [5, 5.41) is 0.357. The van der Waals surface area contributed by atoms with Gasteiger partial charge in [0.1, 0.15) is 17.2 Å². The molecule has 0 aliphatic carbocycles. The second kappa shape index (κ2) is 13.7. The van der Waals surface area contributed by atoms with Crippen molar-refractivity contribution in [2.45, 2.75) is 83.8 Å². The molecule has 0 spiro atoms. The Hall–Kier alpha value is -3.99. The van der Waals surface area contributed by atoms with Crippen molar-refractivity contribution in [1.82, 2.24) is 19.4 Å². The van der Waals surface area contributed by atoms with Crippen LogP contribution in [0.2, 0.25) is 5.02 Å². The van der Waals surface area contributed by atoms with Crippen LogP contribution in [-0.2, 0) is 35.5 Å². The van der Waals surface area contributed by atoms with Crippen LogP contribution in [0.5, 0.6) is 0 Å². The van der Waals surface area contributed by atoms with Gasteiger partial charge in [-0.2, -0.15) is 0 Å². The minimum atomic E-state index is -0.583. The van der Waals surface area contributed by atoms with E-state index in [1.165, 1.54) is 6.07 Å². The Morgan fingerprint density at radius 3 is 2.55 bits per heavy atom. The van der Waals surface area contributed by atoms with Crippen molar-refractivity contribution >= 4 is 40.3 Å². The van der Waals surface area contributed by atoms with Crippen LogP contribution < -0.4 is 4.90 Å². The number of nitrogens with zero attached hydrogens (tertiary/aromatic N) is 5. The van der Waals surface area contributed by atoms with Gasteiger partial charge in [0.25, 0.3) is 0 Å². The number of hydrogen-bond donors (Lipinski definition) is 0. The maximum atomic E-state index is 14.6. The highest BCUT2D eigenvalue weighted by Crippen LogP contribution is 2.33. The van der Waals surface area contributed by atoms with Crippen molar-refractivity contribution in [2.24, 2.45) is 0 Å². The summed E-state index contributed by atoms with van der Waals surface area (Å²) in [6.07, 6.45) is 3.18. The van der Waals surface area contributed by atoms with E-state index < -0.39 is 5.60 Å². The summed E-state index contributed by atoms with van der Waals surface area (Å²) >= 11 is 5.96. The largest absolute Gasteiger partial charge is 0.456 e. The number of esters is 1. The minimum Gasteiger partial charge on any atom is -0.456 e. The number of rotatable bonds is 9. The first-order chi connectivity index (χ1) is 23.5. The first-order valence-corrected chi connectivity index (χ1v) is 17.6. The zero-order valence-electron chi connectivity index (χ0n) is 28.3. The van der Waals surface area contributed by atoms with Gasteiger partial charge in [0.15, 0.2) is 0 Å². The quantitative estimate of drug-likeness (QED) is 0.173. The number of aromatic nitrogens is 2. The predicted octanol–water partition coefficient (Wildman–Crippen LogP) is 7.22. The predicted molar refractivity (Wildman–Crippen MR) is 187 cm³/mol. The van der Waals surface area contributed by atoms with Gasteiger partial charge in [0.05, 0.1) is 41.5 Å². The molecule has 3 aromatic carbocycles. The van der Waals surface area contributed by atoms with Crippen molar-refractivity contribution in [3.63, 3.8) is 0 Å². The zero-order valence-corrected chi connectivity index (χ0v) is 29.1. The first kappa shape index (κ1) is 33.5. The third-order valence-corrected chi connectivity index (χ3v) is 9.96. The first-order valence-electron chi connectivity index (χ1n) is 17.2. The molecular weight excluding hydrogens is 645 g/mol. The van der Waals surface area contributed by atoms with E-state index in [9.17, 15) is 14.0 Å². The lowest BCUT2D eigenvalue weighted by atomic mass is 10.00. The number of halogens is 2. The van der Waals surface area contributed by atoms with E-state index in [4.69, 9.17) is 26.1 Å². The van der Waals surface area contributed by atoms with Crippen LogP contribution in [0.3, 0.4) is 0 Å². The molecule has 3 aliphatic rings. The van der Waals surface area contributed by atoms with Gasteiger partial charge in [-0.3, -0.25) is 9.80 Å². The molecule has 9 nitrogen and oxygen atoms in total. The third kappa shape index (κ3) is 7.32. The molecule has 2 saturated heterocycles. The lowest BCUT2D eigenvalue weighted by Gasteiger charge is -2.44. The van der Waals surface area contributed by atoms with Crippen LogP contribution in [0.15, 0.2) is 60.7 Å². The van der Waals surface area contributed by atoms with Gasteiger partial charge in [0, 0.05) is 43.9 Å². The Balaban J connectivity index is 1.05. The Labute approximate surface area is 291 Å². The number of carbonyl (C=O) groups is 2. The SMILES string of the molecule is CC(C)(C)OC(=O)c1ccc2nc(CN3CCC(N4Cc5ccccc5N(CCc5ccc(Cl)cc5F)C4=O)CC3)n(C[C@@H]3CCO3)c2c1. The van der Waals surface area contributed by atoms with Crippen molar-refractivity contribution in [3.8, 4) is 0 Å². The molecule has 1 atom stereocenters. The molecule has 11 heteroatoms. The Kier molecular flexibility index (Phi) is 9.39. The summed E-state index contributed by atoms with van der Waals surface area (Å²) < 4.78 is 28.2. The molecule has 2 amide bonds. The Morgan fingerprint density at radius 1 is 1.06 bits per heavy atom. The highest BCUT2D eigenvalue weighted by Gasteiger charge is 2.36. The van der Waals surface area contributed by atoms with E-state index in [1.54, 1.807) is 23.1 Å². The Bertz CT molecular complexity index is 1860. The van der Waals surface area contributed by atoms with Crippen LogP contribution in [0, 0.1) is 5.82 Å². The summed E-state index contributed by atoms with van der Waals surface area (Å²) in [5.41, 5.74) is 4.19. The number of ether oxygens (including phenoxy) is 2.